The molecule has 0 spiro atoms. The first-order valence-electron chi connectivity index (χ1n) is 9.26. The lowest BCUT2D eigenvalue weighted by atomic mass is 10.3. The van der Waals surface area contributed by atoms with Gasteiger partial charge in [-0.2, -0.15) is 5.10 Å². The summed E-state index contributed by atoms with van der Waals surface area (Å²) in [5.41, 5.74) is 2.60. The van der Waals surface area contributed by atoms with Gasteiger partial charge in [0.1, 0.15) is 18.1 Å². The topological polar surface area (TPSA) is 101 Å². The lowest BCUT2D eigenvalue weighted by Gasteiger charge is -2.24. The normalized spacial score (nSPS) is 11.4. The number of ether oxygens (including phenoxy) is 1. The molecule has 162 valence electrons. The highest BCUT2D eigenvalue weighted by Crippen LogP contribution is 2.26. The lowest BCUT2D eigenvalue weighted by molar-refractivity contribution is -0.119. The van der Waals surface area contributed by atoms with Crippen molar-refractivity contribution in [3.8, 4) is 5.75 Å². The van der Waals surface area contributed by atoms with Gasteiger partial charge in [-0.3, -0.25) is 9.10 Å². The van der Waals surface area contributed by atoms with Crippen LogP contribution in [0.15, 0.2) is 81.3 Å². The van der Waals surface area contributed by atoms with Crippen molar-refractivity contribution >= 4 is 39.4 Å². The molecule has 2 aromatic carbocycles. The van der Waals surface area contributed by atoms with E-state index in [9.17, 15) is 13.2 Å². The monoisotopic (exact) mass is 461 g/mol. The SMILES string of the molecule is CCOc1ccc(N(CC(=O)N/N=C\c2ccco2)S(=O)(=O)c2ccc(Cl)cc2)cc1. The number of nitrogens with zero attached hydrogens (tertiary/aromatic N) is 2. The van der Waals surface area contributed by atoms with Crippen molar-refractivity contribution in [2.24, 2.45) is 5.10 Å². The van der Waals surface area contributed by atoms with Gasteiger partial charge in [0.05, 0.1) is 29.7 Å². The number of anilines is 1. The number of hydrogen-bond donors (Lipinski definition) is 1. The first kappa shape index (κ1) is 22.4. The van der Waals surface area contributed by atoms with Gasteiger partial charge in [-0.05, 0) is 67.6 Å². The van der Waals surface area contributed by atoms with Crippen molar-refractivity contribution in [2.75, 3.05) is 17.5 Å². The second kappa shape index (κ2) is 10.1. The summed E-state index contributed by atoms with van der Waals surface area (Å²) in [6, 6.07) is 15.4. The van der Waals surface area contributed by atoms with Crippen molar-refractivity contribution in [1.82, 2.24) is 5.43 Å². The summed E-state index contributed by atoms with van der Waals surface area (Å²) in [7, 11) is -4.06. The van der Waals surface area contributed by atoms with E-state index in [0.29, 0.717) is 28.8 Å². The van der Waals surface area contributed by atoms with Crippen LogP contribution in [0.25, 0.3) is 0 Å². The summed E-state index contributed by atoms with van der Waals surface area (Å²) in [6.07, 6.45) is 2.78. The molecule has 1 heterocycles. The van der Waals surface area contributed by atoms with E-state index in [4.69, 9.17) is 20.8 Å². The van der Waals surface area contributed by atoms with Gasteiger partial charge in [-0.25, -0.2) is 13.8 Å². The fourth-order valence-corrected chi connectivity index (χ4v) is 4.17. The Morgan fingerprint density at radius 2 is 1.87 bits per heavy atom. The van der Waals surface area contributed by atoms with Gasteiger partial charge in [0.25, 0.3) is 15.9 Å². The van der Waals surface area contributed by atoms with Crippen LogP contribution in [-0.2, 0) is 14.8 Å². The molecule has 0 aliphatic carbocycles. The van der Waals surface area contributed by atoms with Gasteiger partial charge in [0.15, 0.2) is 0 Å². The Hall–Kier alpha value is -3.30. The third kappa shape index (κ3) is 5.87. The molecule has 0 saturated heterocycles. The number of halogens is 1. The highest BCUT2D eigenvalue weighted by Gasteiger charge is 2.27. The van der Waals surface area contributed by atoms with Gasteiger partial charge in [-0.1, -0.05) is 11.6 Å². The first-order chi connectivity index (χ1) is 14.9. The summed E-state index contributed by atoms with van der Waals surface area (Å²) in [5.74, 6) is 0.397. The number of amides is 1. The maximum Gasteiger partial charge on any atom is 0.264 e. The Balaban J connectivity index is 1.86. The lowest BCUT2D eigenvalue weighted by Crippen LogP contribution is -2.39. The predicted molar refractivity (Wildman–Crippen MR) is 118 cm³/mol. The molecule has 0 atom stereocenters. The van der Waals surface area contributed by atoms with Crippen LogP contribution in [0.1, 0.15) is 12.7 Å². The van der Waals surface area contributed by atoms with Crippen molar-refractivity contribution in [1.29, 1.82) is 0 Å². The fraction of sp³-hybridized carbons (Fsp3) is 0.143. The van der Waals surface area contributed by atoms with E-state index in [1.807, 2.05) is 6.92 Å². The molecular formula is C21H20ClN3O5S. The molecule has 0 aliphatic heterocycles. The number of hydrazone groups is 1. The molecule has 1 aromatic heterocycles. The van der Waals surface area contributed by atoms with E-state index in [0.717, 1.165) is 4.31 Å². The Labute approximate surface area is 185 Å². The summed E-state index contributed by atoms with van der Waals surface area (Å²) < 4.78 is 38.0. The van der Waals surface area contributed by atoms with Gasteiger partial charge >= 0.3 is 0 Å². The average molecular weight is 462 g/mol. The maximum absolute atomic E-state index is 13.3. The minimum absolute atomic E-state index is 0.00216. The van der Waals surface area contributed by atoms with E-state index in [1.165, 1.54) is 36.7 Å². The molecule has 31 heavy (non-hydrogen) atoms. The van der Waals surface area contributed by atoms with Crippen LogP contribution in [0.3, 0.4) is 0 Å². The average Bonchev–Trinajstić information content (AvgIpc) is 3.27. The second-order valence-corrected chi connectivity index (χ2v) is 8.50. The summed E-state index contributed by atoms with van der Waals surface area (Å²) in [5, 5.41) is 4.19. The minimum atomic E-state index is -4.06. The van der Waals surface area contributed by atoms with Crippen molar-refractivity contribution in [3.63, 3.8) is 0 Å². The molecule has 3 rings (SSSR count). The van der Waals surface area contributed by atoms with Gasteiger partial charge in [0.2, 0.25) is 0 Å². The molecule has 3 aromatic rings. The fourth-order valence-electron chi connectivity index (χ4n) is 2.62. The van der Waals surface area contributed by atoms with Crippen LogP contribution in [0, 0.1) is 0 Å². The highest BCUT2D eigenvalue weighted by atomic mass is 35.5. The molecule has 10 heteroatoms. The third-order valence-electron chi connectivity index (χ3n) is 4.05. The maximum atomic E-state index is 13.3. The van der Waals surface area contributed by atoms with Crippen molar-refractivity contribution < 1.29 is 22.4 Å². The number of nitrogens with one attached hydrogen (secondary N) is 1. The molecular weight excluding hydrogens is 442 g/mol. The zero-order chi connectivity index (χ0) is 22.3. The van der Waals surface area contributed by atoms with E-state index < -0.39 is 22.5 Å². The molecule has 8 nitrogen and oxygen atoms in total. The zero-order valence-corrected chi connectivity index (χ0v) is 18.1. The van der Waals surface area contributed by atoms with Crippen LogP contribution in [0.2, 0.25) is 5.02 Å². The van der Waals surface area contributed by atoms with Crippen LogP contribution in [-0.4, -0.2) is 33.7 Å². The zero-order valence-electron chi connectivity index (χ0n) is 16.6. The minimum Gasteiger partial charge on any atom is -0.494 e. The molecule has 0 aliphatic rings. The largest absolute Gasteiger partial charge is 0.494 e. The second-order valence-electron chi connectivity index (χ2n) is 6.20. The van der Waals surface area contributed by atoms with Crippen molar-refractivity contribution in [2.45, 2.75) is 11.8 Å². The van der Waals surface area contributed by atoms with Crippen LogP contribution in [0.5, 0.6) is 5.75 Å². The molecule has 1 N–H and O–H groups in total. The number of carbonyl (C=O) groups is 1. The number of hydrogen-bond acceptors (Lipinski definition) is 6. The van der Waals surface area contributed by atoms with E-state index in [1.54, 1.807) is 36.4 Å². The van der Waals surface area contributed by atoms with Crippen LogP contribution in [0.4, 0.5) is 5.69 Å². The Kier molecular flexibility index (Phi) is 7.32. The Bertz CT molecular complexity index is 1130. The standard InChI is InChI=1S/C21H20ClN3O5S/c1-2-29-18-9-7-17(8-10-18)25(31(27,28)20-11-5-16(22)6-12-20)15-21(26)24-23-14-19-4-3-13-30-19/h3-14H,2,15H2,1H3,(H,24,26)/b23-14-. The third-order valence-corrected chi connectivity index (χ3v) is 6.09. The van der Waals surface area contributed by atoms with E-state index in [-0.39, 0.29) is 4.90 Å². The Morgan fingerprint density at radius 3 is 2.48 bits per heavy atom. The molecule has 1 amide bonds. The predicted octanol–water partition coefficient (Wildman–Crippen LogP) is 3.68. The number of furan rings is 1. The van der Waals surface area contributed by atoms with Crippen LogP contribution >= 0.6 is 11.6 Å². The van der Waals surface area contributed by atoms with Crippen molar-refractivity contribution in [3.05, 3.63) is 77.7 Å². The van der Waals surface area contributed by atoms with Gasteiger partial charge in [0, 0.05) is 5.02 Å². The van der Waals surface area contributed by atoms with Gasteiger partial charge < -0.3 is 9.15 Å². The van der Waals surface area contributed by atoms with Crippen LogP contribution < -0.4 is 14.5 Å². The van der Waals surface area contributed by atoms with E-state index >= 15 is 0 Å². The smallest absolute Gasteiger partial charge is 0.264 e. The number of sulfonamides is 1. The number of benzene rings is 2. The highest BCUT2D eigenvalue weighted by molar-refractivity contribution is 7.92. The first-order valence-corrected chi connectivity index (χ1v) is 11.1. The quantitative estimate of drug-likeness (QED) is 0.387. The Morgan fingerprint density at radius 1 is 1.16 bits per heavy atom. The molecule has 0 radical (unpaired) electrons. The number of rotatable bonds is 9. The number of carbonyl (C=O) groups excluding carboxylic acids is 1. The molecule has 0 saturated carbocycles. The molecule has 0 unspecified atom stereocenters. The summed E-state index contributed by atoms with van der Waals surface area (Å²) in [4.78, 5) is 12.4. The molecule has 0 bridgehead atoms. The van der Waals surface area contributed by atoms with E-state index in [2.05, 4.69) is 10.5 Å². The van der Waals surface area contributed by atoms with Gasteiger partial charge in [-0.15, -0.1) is 0 Å². The summed E-state index contributed by atoms with van der Waals surface area (Å²) >= 11 is 5.88. The molecule has 0 fully saturated rings. The summed E-state index contributed by atoms with van der Waals surface area (Å²) in [6.45, 7) is 1.83.